The minimum Gasteiger partial charge on any atom is -0.377 e. The van der Waals surface area contributed by atoms with Gasteiger partial charge in [0.1, 0.15) is 0 Å². The summed E-state index contributed by atoms with van der Waals surface area (Å²) in [5.41, 5.74) is 0. The molecule has 2 atom stereocenters. The summed E-state index contributed by atoms with van der Waals surface area (Å²) >= 11 is 0. The van der Waals surface area contributed by atoms with Crippen LogP contribution in [0.2, 0.25) is 0 Å². The molecule has 0 unspecified atom stereocenters. The average Bonchev–Trinajstić information content (AvgIpc) is 2.17. The Morgan fingerprint density at radius 3 is 2.90 bits per heavy atom. The Balaban J connectivity index is 2.05. The Bertz CT molecular complexity index is 104. The van der Waals surface area contributed by atoms with Gasteiger partial charge >= 0.3 is 0 Å². The van der Waals surface area contributed by atoms with Gasteiger partial charge in [0.15, 0.2) is 0 Å². The van der Waals surface area contributed by atoms with Crippen LogP contribution in [0.4, 0.5) is 0 Å². The molecule has 0 aromatic heterocycles. The number of hydrogen-bond acceptors (Lipinski definition) is 2. The van der Waals surface area contributed by atoms with Crippen molar-refractivity contribution in [2.75, 3.05) is 26.7 Å². The fourth-order valence-corrected chi connectivity index (χ4v) is 2.01. The molecule has 0 aromatic rings. The van der Waals surface area contributed by atoms with Crippen molar-refractivity contribution in [2.24, 2.45) is 5.92 Å². The number of rotatable bonds is 0. The molecule has 3 aliphatic rings. The number of likely N-dealkylation sites (N-methyl/N-ethyl adjacent to an activating group) is 1. The second-order valence-corrected chi connectivity index (χ2v) is 3.62. The molecule has 3 fully saturated rings. The molecule has 3 heterocycles. The number of nitrogens with zero attached hydrogens (tertiary/aromatic N) is 1. The highest BCUT2D eigenvalue weighted by atomic mass is 16.5. The summed E-state index contributed by atoms with van der Waals surface area (Å²) in [4.78, 5) is 2.40. The molecular weight excluding hydrogens is 126 g/mol. The van der Waals surface area contributed by atoms with Crippen LogP contribution in [0.5, 0.6) is 0 Å². The van der Waals surface area contributed by atoms with E-state index in [0.29, 0.717) is 6.10 Å². The van der Waals surface area contributed by atoms with Crippen molar-refractivity contribution in [3.63, 3.8) is 0 Å². The minimum atomic E-state index is 0.545. The Morgan fingerprint density at radius 2 is 2.20 bits per heavy atom. The molecule has 0 spiro atoms. The van der Waals surface area contributed by atoms with Crippen molar-refractivity contribution in [3.8, 4) is 0 Å². The Morgan fingerprint density at radius 1 is 1.30 bits per heavy atom. The number of fused-ring (bicyclic) bond motifs is 4. The van der Waals surface area contributed by atoms with Gasteiger partial charge in [-0.05, 0) is 25.8 Å². The molecule has 2 nitrogen and oxygen atoms in total. The second-order valence-electron chi connectivity index (χ2n) is 3.62. The first-order chi connectivity index (χ1) is 4.84. The molecular formula is C8H15NO. The van der Waals surface area contributed by atoms with Crippen LogP contribution >= 0.6 is 0 Å². The SMILES string of the molecule is CN1C[C@@H]2CC[C@H](C1)OC2. The number of hydrogen-bond donors (Lipinski definition) is 0. The van der Waals surface area contributed by atoms with Gasteiger partial charge in [-0.3, -0.25) is 0 Å². The molecule has 0 radical (unpaired) electrons. The second kappa shape index (κ2) is 2.51. The predicted molar refractivity (Wildman–Crippen MR) is 40.0 cm³/mol. The molecule has 3 aliphatic heterocycles. The normalized spacial score (nSPS) is 41.7. The minimum absolute atomic E-state index is 0.545. The molecule has 0 aromatic carbocycles. The third-order valence-electron chi connectivity index (χ3n) is 2.55. The lowest BCUT2D eigenvalue weighted by Crippen LogP contribution is -2.26. The summed E-state index contributed by atoms with van der Waals surface area (Å²) in [7, 11) is 2.19. The summed E-state index contributed by atoms with van der Waals surface area (Å²) in [6.45, 7) is 3.40. The lowest BCUT2D eigenvalue weighted by Gasteiger charge is -2.22. The van der Waals surface area contributed by atoms with Crippen molar-refractivity contribution < 1.29 is 4.74 Å². The molecule has 2 bridgehead atoms. The van der Waals surface area contributed by atoms with Crippen molar-refractivity contribution in [3.05, 3.63) is 0 Å². The maximum absolute atomic E-state index is 5.63. The fourth-order valence-electron chi connectivity index (χ4n) is 2.01. The van der Waals surface area contributed by atoms with Crippen LogP contribution in [0.15, 0.2) is 0 Å². The van der Waals surface area contributed by atoms with E-state index in [4.69, 9.17) is 4.74 Å². The van der Waals surface area contributed by atoms with Gasteiger partial charge < -0.3 is 9.64 Å². The molecule has 58 valence electrons. The maximum atomic E-state index is 5.63. The van der Waals surface area contributed by atoms with Crippen LogP contribution in [0.1, 0.15) is 12.8 Å². The van der Waals surface area contributed by atoms with Crippen LogP contribution in [0.3, 0.4) is 0 Å². The quantitative estimate of drug-likeness (QED) is 0.493. The monoisotopic (exact) mass is 141 g/mol. The molecule has 3 rings (SSSR count). The Labute approximate surface area is 62.2 Å². The zero-order chi connectivity index (χ0) is 6.97. The summed E-state index contributed by atoms with van der Waals surface area (Å²) in [6.07, 6.45) is 3.22. The van der Waals surface area contributed by atoms with E-state index in [1.54, 1.807) is 0 Å². The van der Waals surface area contributed by atoms with E-state index in [0.717, 1.165) is 19.1 Å². The van der Waals surface area contributed by atoms with E-state index in [1.807, 2.05) is 0 Å². The Hall–Kier alpha value is -0.0800. The van der Waals surface area contributed by atoms with Gasteiger partial charge in [-0.2, -0.15) is 0 Å². The van der Waals surface area contributed by atoms with Crippen molar-refractivity contribution in [1.82, 2.24) is 4.90 Å². The van der Waals surface area contributed by atoms with Gasteiger partial charge in [-0.25, -0.2) is 0 Å². The molecule has 3 saturated heterocycles. The summed E-state index contributed by atoms with van der Waals surface area (Å²) < 4.78 is 5.63. The molecule has 0 saturated carbocycles. The highest BCUT2D eigenvalue weighted by Crippen LogP contribution is 2.23. The van der Waals surface area contributed by atoms with E-state index in [-0.39, 0.29) is 0 Å². The van der Waals surface area contributed by atoms with Crippen molar-refractivity contribution in [2.45, 2.75) is 18.9 Å². The fraction of sp³-hybridized carbons (Fsp3) is 1.00. The smallest absolute Gasteiger partial charge is 0.0702 e. The predicted octanol–water partition coefficient (Wildman–Crippen LogP) is 0.727. The van der Waals surface area contributed by atoms with Gasteiger partial charge in [0.2, 0.25) is 0 Å². The van der Waals surface area contributed by atoms with Gasteiger partial charge in [0.25, 0.3) is 0 Å². The van der Waals surface area contributed by atoms with Gasteiger partial charge in [-0.15, -0.1) is 0 Å². The zero-order valence-corrected chi connectivity index (χ0v) is 6.55. The van der Waals surface area contributed by atoms with E-state index in [1.165, 1.54) is 19.4 Å². The Kier molecular flexibility index (Phi) is 1.66. The van der Waals surface area contributed by atoms with Gasteiger partial charge in [0.05, 0.1) is 12.7 Å². The first kappa shape index (κ1) is 6.62. The lowest BCUT2D eigenvalue weighted by atomic mass is 10.0. The topological polar surface area (TPSA) is 12.5 Å². The van der Waals surface area contributed by atoms with Gasteiger partial charge in [0, 0.05) is 13.1 Å². The van der Waals surface area contributed by atoms with Crippen LogP contribution in [0.25, 0.3) is 0 Å². The molecule has 0 N–H and O–H groups in total. The van der Waals surface area contributed by atoms with E-state index in [2.05, 4.69) is 11.9 Å². The third kappa shape index (κ3) is 1.18. The molecule has 10 heavy (non-hydrogen) atoms. The van der Waals surface area contributed by atoms with Crippen molar-refractivity contribution in [1.29, 1.82) is 0 Å². The van der Waals surface area contributed by atoms with Crippen LogP contribution in [0, 0.1) is 5.92 Å². The third-order valence-corrected chi connectivity index (χ3v) is 2.55. The first-order valence-electron chi connectivity index (χ1n) is 4.15. The number of ether oxygens (including phenoxy) is 1. The van der Waals surface area contributed by atoms with E-state index < -0.39 is 0 Å². The molecule has 2 heteroatoms. The van der Waals surface area contributed by atoms with E-state index >= 15 is 0 Å². The molecule has 0 amide bonds. The molecule has 0 aliphatic carbocycles. The largest absolute Gasteiger partial charge is 0.377 e. The summed E-state index contributed by atoms with van der Waals surface area (Å²) in [5, 5.41) is 0. The highest BCUT2D eigenvalue weighted by molar-refractivity contribution is 4.79. The van der Waals surface area contributed by atoms with E-state index in [9.17, 15) is 0 Å². The maximum Gasteiger partial charge on any atom is 0.0702 e. The van der Waals surface area contributed by atoms with Gasteiger partial charge in [-0.1, -0.05) is 0 Å². The van der Waals surface area contributed by atoms with Crippen LogP contribution < -0.4 is 0 Å². The van der Waals surface area contributed by atoms with Crippen LogP contribution in [-0.2, 0) is 4.74 Å². The van der Waals surface area contributed by atoms with Crippen LogP contribution in [-0.4, -0.2) is 37.7 Å². The lowest BCUT2D eigenvalue weighted by molar-refractivity contribution is 0.00517. The van der Waals surface area contributed by atoms with Crippen molar-refractivity contribution >= 4 is 0 Å². The zero-order valence-electron chi connectivity index (χ0n) is 6.55. The summed E-state index contributed by atoms with van der Waals surface area (Å²) in [6, 6.07) is 0. The summed E-state index contributed by atoms with van der Waals surface area (Å²) in [5.74, 6) is 0.823. The average molecular weight is 141 g/mol. The standard InChI is InChI=1S/C8H15NO/c1-9-4-7-2-3-8(5-9)10-6-7/h7-8H,2-6H2,1H3/t7-,8+/m0/s1. The first-order valence-corrected chi connectivity index (χ1v) is 4.15. The highest BCUT2D eigenvalue weighted by Gasteiger charge is 2.27.